The van der Waals surface area contributed by atoms with E-state index in [0.29, 0.717) is 12.1 Å². The number of fused-ring (bicyclic) bond motifs is 2. The largest absolute Gasteiger partial charge is 0.480 e. The van der Waals surface area contributed by atoms with E-state index in [1.165, 1.54) is 11.1 Å². The molecule has 2 atom stereocenters. The molecule has 144 valence electrons. The molecule has 0 bridgehead atoms. The number of rotatable bonds is 6. The summed E-state index contributed by atoms with van der Waals surface area (Å²) in [5.74, 6) is -1.16. The highest BCUT2D eigenvalue weighted by Gasteiger charge is 2.28. The summed E-state index contributed by atoms with van der Waals surface area (Å²) in [5, 5.41) is 12.3. The van der Waals surface area contributed by atoms with Gasteiger partial charge in [0.25, 0.3) is 0 Å². The summed E-state index contributed by atoms with van der Waals surface area (Å²) >= 11 is 0. The Morgan fingerprint density at radius 2 is 2.04 bits per heavy atom. The molecule has 0 radical (unpaired) electrons. The van der Waals surface area contributed by atoms with Crippen molar-refractivity contribution in [2.45, 2.75) is 44.1 Å². The molecule has 1 amide bonds. The van der Waals surface area contributed by atoms with Crippen LogP contribution in [-0.4, -0.2) is 32.4 Å². The molecule has 0 spiro atoms. The van der Waals surface area contributed by atoms with Crippen molar-refractivity contribution in [3.63, 3.8) is 0 Å². The second-order valence-corrected chi connectivity index (χ2v) is 7.36. The van der Waals surface area contributed by atoms with E-state index in [0.717, 1.165) is 24.9 Å². The molecule has 3 aromatic rings. The summed E-state index contributed by atoms with van der Waals surface area (Å²) in [4.78, 5) is 28.7. The zero-order valence-corrected chi connectivity index (χ0v) is 15.5. The Labute approximate surface area is 163 Å². The molecule has 2 unspecified atom stereocenters. The Morgan fingerprint density at radius 3 is 2.86 bits per heavy atom. The number of amides is 1. The third-order valence-corrected chi connectivity index (χ3v) is 5.40. The van der Waals surface area contributed by atoms with Gasteiger partial charge in [-0.05, 0) is 54.9 Å². The molecule has 4 rings (SSSR count). The van der Waals surface area contributed by atoms with E-state index in [2.05, 4.69) is 22.4 Å². The van der Waals surface area contributed by atoms with Gasteiger partial charge >= 0.3 is 5.97 Å². The normalized spacial score (nSPS) is 17.1. The summed E-state index contributed by atoms with van der Waals surface area (Å²) in [5.41, 5.74) is 3.89. The molecule has 6 nitrogen and oxygen atoms in total. The topological polar surface area (TPSA) is 83.7 Å². The van der Waals surface area contributed by atoms with Crippen LogP contribution in [0.3, 0.4) is 0 Å². The summed E-state index contributed by atoms with van der Waals surface area (Å²) in [6, 6.07) is 12.9. The number of carboxylic acids is 1. The van der Waals surface area contributed by atoms with Gasteiger partial charge < -0.3 is 14.8 Å². The number of hydrogen-bond acceptors (Lipinski definition) is 3. The zero-order chi connectivity index (χ0) is 19.5. The van der Waals surface area contributed by atoms with Crippen molar-refractivity contribution in [3.05, 3.63) is 71.7 Å². The van der Waals surface area contributed by atoms with Crippen molar-refractivity contribution in [3.8, 4) is 0 Å². The van der Waals surface area contributed by atoms with Crippen LogP contribution in [0.1, 0.15) is 42.0 Å². The molecule has 1 aliphatic rings. The van der Waals surface area contributed by atoms with E-state index in [-0.39, 0.29) is 18.2 Å². The van der Waals surface area contributed by atoms with Crippen LogP contribution in [0.4, 0.5) is 0 Å². The Hall–Kier alpha value is -3.15. The Balaban J connectivity index is 1.44. The lowest BCUT2D eigenvalue weighted by Gasteiger charge is -2.28. The van der Waals surface area contributed by atoms with Crippen molar-refractivity contribution in [1.29, 1.82) is 0 Å². The Bertz CT molecular complexity index is 978. The van der Waals surface area contributed by atoms with Crippen LogP contribution in [0.15, 0.2) is 54.9 Å². The minimum Gasteiger partial charge on any atom is -0.480 e. The smallest absolute Gasteiger partial charge is 0.326 e. The number of aliphatic carboxylic acids is 1. The maximum atomic E-state index is 12.5. The average molecular weight is 377 g/mol. The first kappa shape index (κ1) is 18.2. The highest BCUT2D eigenvalue weighted by molar-refractivity contribution is 5.84. The molecule has 0 fully saturated rings. The molecule has 28 heavy (non-hydrogen) atoms. The van der Waals surface area contributed by atoms with Crippen LogP contribution in [0.25, 0.3) is 5.65 Å². The number of hydrogen-bond donors (Lipinski definition) is 2. The van der Waals surface area contributed by atoms with Crippen LogP contribution in [-0.2, 0) is 22.4 Å². The van der Waals surface area contributed by atoms with Crippen molar-refractivity contribution < 1.29 is 14.7 Å². The van der Waals surface area contributed by atoms with Crippen molar-refractivity contribution in [1.82, 2.24) is 14.7 Å². The van der Waals surface area contributed by atoms with Crippen LogP contribution in [0.5, 0.6) is 0 Å². The number of carbonyl (C=O) groups excluding carboxylic acids is 1. The van der Waals surface area contributed by atoms with E-state index in [9.17, 15) is 14.7 Å². The number of carbonyl (C=O) groups is 2. The molecule has 2 N–H and O–H groups in total. The fraction of sp³-hybridized carbons (Fsp3) is 0.318. The lowest BCUT2D eigenvalue weighted by atomic mass is 9.79. The number of aryl methyl sites for hydroxylation is 1. The van der Waals surface area contributed by atoms with E-state index in [1.807, 2.05) is 40.9 Å². The van der Waals surface area contributed by atoms with Gasteiger partial charge in [-0.15, -0.1) is 0 Å². The molecule has 2 aromatic heterocycles. The third-order valence-electron chi connectivity index (χ3n) is 5.40. The molecule has 2 heterocycles. The van der Waals surface area contributed by atoms with Crippen LogP contribution in [0, 0.1) is 0 Å². The monoisotopic (exact) mass is 377 g/mol. The van der Waals surface area contributed by atoms with Crippen molar-refractivity contribution >= 4 is 17.5 Å². The minimum atomic E-state index is -0.994. The SMILES string of the molecule is O=C(Cc1cn2ccccc2n1)NC(CC1CCCc2ccccc21)C(=O)O. The first-order valence-corrected chi connectivity index (χ1v) is 9.63. The average Bonchev–Trinajstić information content (AvgIpc) is 3.09. The van der Waals surface area contributed by atoms with Gasteiger partial charge in [0.1, 0.15) is 11.7 Å². The lowest BCUT2D eigenvalue weighted by molar-refractivity contribution is -0.142. The molecule has 0 saturated heterocycles. The molecule has 0 aliphatic heterocycles. The molecule has 1 aromatic carbocycles. The molecule has 6 heteroatoms. The fourth-order valence-corrected chi connectivity index (χ4v) is 4.09. The summed E-state index contributed by atoms with van der Waals surface area (Å²) in [7, 11) is 0. The van der Waals surface area contributed by atoms with Gasteiger partial charge in [0.2, 0.25) is 5.91 Å². The van der Waals surface area contributed by atoms with Gasteiger partial charge in [-0.1, -0.05) is 30.3 Å². The van der Waals surface area contributed by atoms with E-state index < -0.39 is 12.0 Å². The standard InChI is InChI=1S/C22H23N3O3/c26-21(13-17-14-25-11-4-3-10-20(25)23-17)24-19(22(27)28)12-16-8-5-7-15-6-1-2-9-18(15)16/h1-4,6,9-11,14,16,19H,5,7-8,12-13H2,(H,24,26)(H,27,28). The summed E-state index contributed by atoms with van der Waals surface area (Å²) in [6.45, 7) is 0. The highest BCUT2D eigenvalue weighted by atomic mass is 16.4. The zero-order valence-electron chi connectivity index (χ0n) is 15.5. The first-order chi connectivity index (χ1) is 13.6. The van der Waals surface area contributed by atoms with Crippen LogP contribution < -0.4 is 5.32 Å². The quantitative estimate of drug-likeness (QED) is 0.692. The molecular formula is C22H23N3O3. The highest BCUT2D eigenvalue weighted by Crippen LogP contribution is 2.34. The van der Waals surface area contributed by atoms with Gasteiger partial charge in [-0.2, -0.15) is 0 Å². The van der Waals surface area contributed by atoms with Gasteiger partial charge in [-0.3, -0.25) is 4.79 Å². The number of aromatic nitrogens is 2. The predicted octanol–water partition coefficient (Wildman–Crippen LogP) is 2.96. The maximum Gasteiger partial charge on any atom is 0.326 e. The first-order valence-electron chi connectivity index (χ1n) is 9.63. The third kappa shape index (κ3) is 3.91. The summed E-state index contributed by atoms with van der Waals surface area (Å²) in [6.07, 6.45) is 7.15. The number of pyridine rings is 1. The fourth-order valence-electron chi connectivity index (χ4n) is 4.09. The molecule has 1 aliphatic carbocycles. The van der Waals surface area contributed by atoms with Crippen LogP contribution >= 0.6 is 0 Å². The lowest BCUT2D eigenvalue weighted by Crippen LogP contribution is -2.42. The van der Waals surface area contributed by atoms with Gasteiger partial charge in [0, 0.05) is 12.4 Å². The predicted molar refractivity (Wildman–Crippen MR) is 105 cm³/mol. The number of imidazole rings is 1. The number of benzene rings is 1. The van der Waals surface area contributed by atoms with Crippen LogP contribution in [0.2, 0.25) is 0 Å². The Kier molecular flexibility index (Phi) is 5.10. The maximum absolute atomic E-state index is 12.5. The number of nitrogens with one attached hydrogen (secondary N) is 1. The Morgan fingerprint density at radius 1 is 1.21 bits per heavy atom. The van der Waals surface area contributed by atoms with Gasteiger partial charge in [-0.25, -0.2) is 9.78 Å². The number of carboxylic acid groups (broad SMARTS) is 1. The van der Waals surface area contributed by atoms with Crippen molar-refractivity contribution in [2.75, 3.05) is 0 Å². The molecule has 0 saturated carbocycles. The minimum absolute atomic E-state index is 0.0622. The molecular weight excluding hydrogens is 354 g/mol. The number of nitrogens with zero attached hydrogens (tertiary/aromatic N) is 2. The summed E-state index contributed by atoms with van der Waals surface area (Å²) < 4.78 is 1.84. The second-order valence-electron chi connectivity index (χ2n) is 7.36. The van der Waals surface area contributed by atoms with E-state index >= 15 is 0 Å². The van der Waals surface area contributed by atoms with Gasteiger partial charge in [0.15, 0.2) is 0 Å². The second kappa shape index (κ2) is 7.84. The van der Waals surface area contributed by atoms with Crippen molar-refractivity contribution in [2.24, 2.45) is 0 Å². The van der Waals surface area contributed by atoms with E-state index in [1.54, 1.807) is 6.20 Å². The van der Waals surface area contributed by atoms with E-state index in [4.69, 9.17) is 0 Å². The van der Waals surface area contributed by atoms with Gasteiger partial charge in [0.05, 0.1) is 12.1 Å².